The molecule has 1 aliphatic heterocycles. The zero-order chi connectivity index (χ0) is 19.3. The van der Waals surface area contributed by atoms with Crippen LogP contribution in [0, 0.1) is 0 Å². The molecule has 6 heteroatoms. The molecule has 144 valence electrons. The third-order valence-electron chi connectivity index (χ3n) is 5.21. The van der Waals surface area contributed by atoms with Gasteiger partial charge in [-0.05, 0) is 49.1 Å². The van der Waals surface area contributed by atoms with Crippen molar-refractivity contribution in [1.29, 1.82) is 0 Å². The molecular weight excluding hydrogens is 374 g/mol. The summed E-state index contributed by atoms with van der Waals surface area (Å²) in [6.45, 7) is 1.47. The molecule has 2 aromatic carbocycles. The average Bonchev–Trinajstić information content (AvgIpc) is 3.24. The largest absolute Gasteiger partial charge is 0.343 e. The number of nitrogens with zero attached hydrogens (tertiary/aromatic N) is 3. The summed E-state index contributed by atoms with van der Waals surface area (Å²) in [6.07, 6.45) is 3.03. The molecule has 0 radical (unpaired) electrons. The number of halogens is 1. The molecule has 1 saturated heterocycles. The fourth-order valence-electron chi connectivity index (χ4n) is 3.55. The minimum atomic E-state index is 0.201. The van der Waals surface area contributed by atoms with E-state index in [0.717, 1.165) is 37.9 Å². The lowest BCUT2D eigenvalue weighted by Gasteiger charge is -2.30. The van der Waals surface area contributed by atoms with E-state index in [-0.39, 0.29) is 11.8 Å². The number of piperidine rings is 1. The molecule has 1 aliphatic rings. The van der Waals surface area contributed by atoms with Crippen LogP contribution >= 0.6 is 11.6 Å². The predicted molar refractivity (Wildman–Crippen MR) is 108 cm³/mol. The first-order valence-corrected chi connectivity index (χ1v) is 9.98. The van der Waals surface area contributed by atoms with Gasteiger partial charge in [-0.2, -0.15) is 4.98 Å². The van der Waals surface area contributed by atoms with Crippen LogP contribution in [0.25, 0.3) is 11.4 Å². The first kappa shape index (κ1) is 18.7. The first-order valence-electron chi connectivity index (χ1n) is 9.60. The van der Waals surface area contributed by atoms with Crippen molar-refractivity contribution in [1.82, 2.24) is 15.0 Å². The van der Waals surface area contributed by atoms with E-state index >= 15 is 0 Å². The lowest BCUT2D eigenvalue weighted by molar-refractivity contribution is -0.132. The molecule has 1 amide bonds. The molecule has 3 aromatic rings. The van der Waals surface area contributed by atoms with E-state index in [1.54, 1.807) is 0 Å². The SMILES string of the molecule is O=C(CCc1ccccc1)N1CCC(c2nc(-c3ccc(Cl)cc3)no2)CC1. The molecule has 0 bridgehead atoms. The third-order valence-corrected chi connectivity index (χ3v) is 5.46. The van der Waals surface area contributed by atoms with Crippen LogP contribution < -0.4 is 0 Å². The van der Waals surface area contributed by atoms with Crippen molar-refractivity contribution >= 4 is 17.5 Å². The lowest BCUT2D eigenvalue weighted by atomic mass is 9.96. The highest BCUT2D eigenvalue weighted by atomic mass is 35.5. The molecule has 1 fully saturated rings. The van der Waals surface area contributed by atoms with E-state index in [1.807, 2.05) is 47.4 Å². The van der Waals surface area contributed by atoms with Gasteiger partial charge in [-0.3, -0.25) is 4.79 Å². The van der Waals surface area contributed by atoms with E-state index < -0.39 is 0 Å². The molecule has 0 unspecified atom stereocenters. The minimum absolute atomic E-state index is 0.201. The van der Waals surface area contributed by atoms with Gasteiger partial charge in [-0.25, -0.2) is 0 Å². The molecule has 0 aliphatic carbocycles. The molecule has 0 spiro atoms. The molecular formula is C22H22ClN3O2. The van der Waals surface area contributed by atoms with Crippen LogP contribution in [0.1, 0.15) is 36.6 Å². The second-order valence-corrected chi connectivity index (χ2v) is 7.54. The zero-order valence-corrected chi connectivity index (χ0v) is 16.3. The Balaban J connectivity index is 1.30. The summed E-state index contributed by atoms with van der Waals surface area (Å²) < 4.78 is 5.49. The van der Waals surface area contributed by atoms with Crippen molar-refractivity contribution in [3.63, 3.8) is 0 Å². The molecule has 0 N–H and O–H groups in total. The van der Waals surface area contributed by atoms with Crippen molar-refractivity contribution in [3.8, 4) is 11.4 Å². The Hall–Kier alpha value is -2.66. The predicted octanol–water partition coefficient (Wildman–Crippen LogP) is 4.73. The number of carbonyl (C=O) groups is 1. The molecule has 4 rings (SSSR count). The first-order chi connectivity index (χ1) is 13.7. The van der Waals surface area contributed by atoms with Crippen molar-refractivity contribution in [2.24, 2.45) is 0 Å². The summed E-state index contributed by atoms with van der Waals surface area (Å²) in [7, 11) is 0. The van der Waals surface area contributed by atoms with Crippen molar-refractivity contribution in [3.05, 3.63) is 71.1 Å². The maximum Gasteiger partial charge on any atom is 0.230 e. The molecule has 2 heterocycles. The number of aromatic nitrogens is 2. The number of hydrogen-bond acceptors (Lipinski definition) is 4. The van der Waals surface area contributed by atoms with Crippen LogP contribution in [0.3, 0.4) is 0 Å². The Morgan fingerprint density at radius 3 is 2.50 bits per heavy atom. The Kier molecular flexibility index (Phi) is 5.72. The number of aryl methyl sites for hydroxylation is 1. The Bertz CT molecular complexity index is 916. The smallest absolute Gasteiger partial charge is 0.230 e. The van der Waals surface area contributed by atoms with Crippen LogP contribution in [-0.2, 0) is 11.2 Å². The maximum atomic E-state index is 12.5. The lowest BCUT2D eigenvalue weighted by Crippen LogP contribution is -2.38. The van der Waals surface area contributed by atoms with E-state index in [1.165, 1.54) is 5.56 Å². The van der Waals surface area contributed by atoms with Gasteiger partial charge in [0, 0.05) is 36.0 Å². The van der Waals surface area contributed by atoms with Crippen LogP contribution in [0.15, 0.2) is 59.1 Å². The van der Waals surface area contributed by atoms with Crippen molar-refractivity contribution in [2.45, 2.75) is 31.6 Å². The summed E-state index contributed by atoms with van der Waals surface area (Å²) in [6, 6.07) is 17.5. The second-order valence-electron chi connectivity index (χ2n) is 7.10. The number of rotatable bonds is 5. The molecule has 5 nitrogen and oxygen atoms in total. The number of hydrogen-bond donors (Lipinski definition) is 0. The number of carbonyl (C=O) groups excluding carboxylic acids is 1. The fourth-order valence-corrected chi connectivity index (χ4v) is 3.67. The molecule has 0 saturated carbocycles. The summed E-state index contributed by atoms with van der Waals surface area (Å²) in [4.78, 5) is 19.0. The van der Waals surface area contributed by atoms with E-state index in [0.29, 0.717) is 23.2 Å². The van der Waals surface area contributed by atoms with Gasteiger partial charge in [0.2, 0.25) is 17.6 Å². The number of likely N-dealkylation sites (tertiary alicyclic amines) is 1. The van der Waals surface area contributed by atoms with Gasteiger partial charge in [-0.15, -0.1) is 0 Å². The topological polar surface area (TPSA) is 59.2 Å². The summed E-state index contributed by atoms with van der Waals surface area (Å²) in [5.41, 5.74) is 2.08. The normalized spacial score (nSPS) is 15.0. The summed E-state index contributed by atoms with van der Waals surface area (Å²) in [5, 5.41) is 4.78. The highest BCUT2D eigenvalue weighted by Gasteiger charge is 2.27. The van der Waals surface area contributed by atoms with Gasteiger partial charge in [0.15, 0.2) is 0 Å². The van der Waals surface area contributed by atoms with Gasteiger partial charge >= 0.3 is 0 Å². The minimum Gasteiger partial charge on any atom is -0.343 e. The van der Waals surface area contributed by atoms with Gasteiger partial charge < -0.3 is 9.42 Å². The standard InChI is InChI=1S/C22H22ClN3O2/c23-19-9-7-17(8-10-19)21-24-22(28-25-21)18-12-14-26(15-13-18)20(27)11-6-16-4-2-1-3-5-16/h1-5,7-10,18H,6,11-15H2. The van der Waals surface area contributed by atoms with E-state index in [4.69, 9.17) is 16.1 Å². The Labute approximate surface area is 169 Å². The van der Waals surface area contributed by atoms with Gasteiger partial charge in [-0.1, -0.05) is 47.1 Å². The van der Waals surface area contributed by atoms with Crippen LogP contribution in [-0.4, -0.2) is 34.0 Å². The van der Waals surface area contributed by atoms with Gasteiger partial charge in [0.05, 0.1) is 0 Å². The fraction of sp³-hybridized carbons (Fsp3) is 0.318. The number of benzene rings is 2. The quantitative estimate of drug-likeness (QED) is 0.626. The average molecular weight is 396 g/mol. The summed E-state index contributed by atoms with van der Waals surface area (Å²) >= 11 is 5.93. The van der Waals surface area contributed by atoms with Crippen LogP contribution in [0.4, 0.5) is 0 Å². The van der Waals surface area contributed by atoms with Gasteiger partial charge in [0.25, 0.3) is 0 Å². The van der Waals surface area contributed by atoms with Crippen molar-refractivity contribution in [2.75, 3.05) is 13.1 Å². The highest BCUT2D eigenvalue weighted by molar-refractivity contribution is 6.30. The second kappa shape index (κ2) is 8.57. The third kappa shape index (κ3) is 4.42. The van der Waals surface area contributed by atoms with E-state index in [2.05, 4.69) is 22.3 Å². The van der Waals surface area contributed by atoms with Crippen LogP contribution in [0.2, 0.25) is 5.02 Å². The molecule has 0 atom stereocenters. The monoisotopic (exact) mass is 395 g/mol. The van der Waals surface area contributed by atoms with Gasteiger partial charge in [0.1, 0.15) is 0 Å². The summed E-state index contributed by atoms with van der Waals surface area (Å²) in [5.74, 6) is 1.65. The highest BCUT2D eigenvalue weighted by Crippen LogP contribution is 2.29. The Morgan fingerprint density at radius 2 is 1.79 bits per heavy atom. The zero-order valence-electron chi connectivity index (χ0n) is 15.6. The van der Waals surface area contributed by atoms with E-state index in [9.17, 15) is 4.79 Å². The van der Waals surface area contributed by atoms with Crippen molar-refractivity contribution < 1.29 is 9.32 Å². The number of amides is 1. The maximum absolute atomic E-state index is 12.5. The molecule has 28 heavy (non-hydrogen) atoms. The Morgan fingerprint density at radius 1 is 1.07 bits per heavy atom. The molecule has 1 aromatic heterocycles. The van der Waals surface area contributed by atoms with Crippen LogP contribution in [0.5, 0.6) is 0 Å².